The summed E-state index contributed by atoms with van der Waals surface area (Å²) >= 11 is 0. The summed E-state index contributed by atoms with van der Waals surface area (Å²) in [4.78, 5) is 11.7. The summed E-state index contributed by atoms with van der Waals surface area (Å²) in [6.07, 6.45) is 4.11. The first-order valence-corrected chi connectivity index (χ1v) is 7.49. The lowest BCUT2D eigenvalue weighted by Crippen LogP contribution is -2.39. The van der Waals surface area contributed by atoms with E-state index in [-0.39, 0.29) is 12.1 Å². The zero-order chi connectivity index (χ0) is 14.5. The van der Waals surface area contributed by atoms with Gasteiger partial charge in [0.05, 0.1) is 0 Å². The van der Waals surface area contributed by atoms with Gasteiger partial charge in [-0.2, -0.15) is 0 Å². The molecule has 0 aromatic rings. The molecule has 2 N–H and O–H groups in total. The molecule has 0 aromatic carbocycles. The normalized spacial score (nSPS) is 23.7. The molecule has 0 saturated heterocycles. The SMILES string of the molecule is CC(C)CCNC1CCC(NC(=O)OC(C)(C)C)C1. The van der Waals surface area contributed by atoms with E-state index in [2.05, 4.69) is 24.5 Å². The number of hydrogen-bond acceptors (Lipinski definition) is 3. The molecule has 0 bridgehead atoms. The van der Waals surface area contributed by atoms with E-state index in [1.165, 1.54) is 6.42 Å². The largest absolute Gasteiger partial charge is 0.444 e. The van der Waals surface area contributed by atoms with Crippen LogP contribution in [0.2, 0.25) is 0 Å². The molecule has 0 radical (unpaired) electrons. The monoisotopic (exact) mass is 270 g/mol. The molecule has 4 heteroatoms. The lowest BCUT2D eigenvalue weighted by molar-refractivity contribution is 0.0505. The quantitative estimate of drug-likeness (QED) is 0.807. The van der Waals surface area contributed by atoms with Gasteiger partial charge in [0.25, 0.3) is 0 Å². The van der Waals surface area contributed by atoms with Crippen LogP contribution < -0.4 is 10.6 Å². The van der Waals surface area contributed by atoms with E-state index >= 15 is 0 Å². The molecule has 19 heavy (non-hydrogen) atoms. The van der Waals surface area contributed by atoms with E-state index in [4.69, 9.17) is 4.74 Å². The number of alkyl carbamates (subject to hydrolysis) is 1. The fraction of sp³-hybridized carbons (Fsp3) is 0.933. The molecule has 4 nitrogen and oxygen atoms in total. The van der Waals surface area contributed by atoms with Crippen LogP contribution in [0.4, 0.5) is 4.79 Å². The summed E-state index contributed by atoms with van der Waals surface area (Å²) in [5.41, 5.74) is -0.419. The van der Waals surface area contributed by atoms with Crippen LogP contribution in [-0.4, -0.2) is 30.3 Å². The molecular weight excluding hydrogens is 240 g/mol. The van der Waals surface area contributed by atoms with Gasteiger partial charge in [-0.1, -0.05) is 13.8 Å². The van der Waals surface area contributed by atoms with Crippen molar-refractivity contribution in [3.63, 3.8) is 0 Å². The topological polar surface area (TPSA) is 50.4 Å². The van der Waals surface area contributed by atoms with Gasteiger partial charge in [-0.15, -0.1) is 0 Å². The Balaban J connectivity index is 2.19. The maximum absolute atomic E-state index is 11.7. The minimum Gasteiger partial charge on any atom is -0.444 e. The smallest absolute Gasteiger partial charge is 0.407 e. The highest BCUT2D eigenvalue weighted by Crippen LogP contribution is 2.20. The van der Waals surface area contributed by atoms with Gasteiger partial charge in [0.2, 0.25) is 0 Å². The second-order valence-electron chi connectivity index (χ2n) is 6.99. The average Bonchev–Trinajstić information content (AvgIpc) is 2.61. The molecule has 1 fully saturated rings. The van der Waals surface area contributed by atoms with Gasteiger partial charge < -0.3 is 15.4 Å². The van der Waals surface area contributed by atoms with Crippen molar-refractivity contribution in [3.05, 3.63) is 0 Å². The van der Waals surface area contributed by atoms with Gasteiger partial charge >= 0.3 is 6.09 Å². The molecule has 1 amide bonds. The molecule has 2 atom stereocenters. The van der Waals surface area contributed by atoms with Gasteiger partial charge in [0, 0.05) is 12.1 Å². The fourth-order valence-electron chi connectivity index (χ4n) is 2.35. The molecule has 1 aliphatic carbocycles. The lowest BCUT2D eigenvalue weighted by Gasteiger charge is -2.22. The Morgan fingerprint density at radius 2 is 1.89 bits per heavy atom. The maximum Gasteiger partial charge on any atom is 0.407 e. The van der Waals surface area contributed by atoms with Gasteiger partial charge in [-0.25, -0.2) is 4.79 Å². The second-order valence-corrected chi connectivity index (χ2v) is 6.99. The van der Waals surface area contributed by atoms with Gasteiger partial charge in [0.1, 0.15) is 5.60 Å². The Morgan fingerprint density at radius 1 is 1.26 bits per heavy atom. The molecule has 0 spiro atoms. The van der Waals surface area contributed by atoms with Crippen molar-refractivity contribution in [2.24, 2.45) is 5.92 Å². The number of ether oxygens (including phenoxy) is 1. The predicted octanol–water partition coefficient (Wildman–Crippen LogP) is 3.07. The summed E-state index contributed by atoms with van der Waals surface area (Å²) in [5.74, 6) is 0.740. The van der Waals surface area contributed by atoms with Gasteiger partial charge in [0.15, 0.2) is 0 Å². The van der Waals surface area contributed by atoms with Crippen LogP contribution in [0, 0.1) is 5.92 Å². The number of amides is 1. The Labute approximate surface area is 117 Å². The number of rotatable bonds is 5. The molecule has 112 valence electrons. The van der Waals surface area contributed by atoms with E-state index in [9.17, 15) is 4.79 Å². The third kappa shape index (κ3) is 7.41. The Bertz CT molecular complexity index is 284. The van der Waals surface area contributed by atoms with Gasteiger partial charge in [-0.3, -0.25) is 0 Å². The van der Waals surface area contributed by atoms with Crippen molar-refractivity contribution in [2.45, 2.75) is 78.0 Å². The molecule has 1 rings (SSSR count). The third-order valence-electron chi connectivity index (χ3n) is 3.31. The minimum atomic E-state index is -0.419. The molecule has 2 unspecified atom stereocenters. The lowest BCUT2D eigenvalue weighted by atomic mass is 10.1. The number of nitrogens with one attached hydrogen (secondary N) is 2. The maximum atomic E-state index is 11.7. The standard InChI is InChI=1S/C15H30N2O2/c1-11(2)8-9-16-12-6-7-13(10-12)17-14(18)19-15(3,4)5/h11-13,16H,6-10H2,1-5H3,(H,17,18). The van der Waals surface area contributed by atoms with Crippen LogP contribution in [-0.2, 0) is 4.74 Å². The number of carbonyl (C=O) groups excluding carboxylic acids is 1. The van der Waals surface area contributed by atoms with Crippen molar-refractivity contribution in [1.82, 2.24) is 10.6 Å². The summed E-state index contributed by atoms with van der Waals surface area (Å²) in [6, 6.07) is 0.796. The zero-order valence-corrected chi connectivity index (χ0v) is 13.1. The predicted molar refractivity (Wildman–Crippen MR) is 78.3 cm³/mol. The summed E-state index contributed by atoms with van der Waals surface area (Å²) in [7, 11) is 0. The van der Waals surface area contributed by atoms with E-state index < -0.39 is 5.60 Å². The first-order valence-electron chi connectivity index (χ1n) is 7.49. The van der Waals surface area contributed by atoms with Crippen LogP contribution in [0.15, 0.2) is 0 Å². The van der Waals surface area contributed by atoms with Crippen LogP contribution in [0.25, 0.3) is 0 Å². The molecular formula is C15H30N2O2. The van der Waals surface area contributed by atoms with Crippen molar-refractivity contribution in [1.29, 1.82) is 0 Å². The van der Waals surface area contributed by atoms with Crippen molar-refractivity contribution >= 4 is 6.09 Å². The molecule has 0 heterocycles. The van der Waals surface area contributed by atoms with Crippen molar-refractivity contribution in [2.75, 3.05) is 6.54 Å². The first kappa shape index (κ1) is 16.3. The molecule has 0 aromatic heterocycles. The molecule has 0 aliphatic heterocycles. The summed E-state index contributed by atoms with van der Waals surface area (Å²) in [5, 5.41) is 6.54. The fourth-order valence-corrected chi connectivity index (χ4v) is 2.35. The van der Waals surface area contributed by atoms with Crippen molar-refractivity contribution < 1.29 is 9.53 Å². The highest BCUT2D eigenvalue weighted by molar-refractivity contribution is 5.68. The van der Waals surface area contributed by atoms with Gasteiger partial charge in [-0.05, 0) is 58.9 Å². The highest BCUT2D eigenvalue weighted by atomic mass is 16.6. The Kier molecular flexibility index (Phi) is 6.11. The summed E-state index contributed by atoms with van der Waals surface area (Å²) in [6.45, 7) is 11.2. The first-order chi connectivity index (χ1) is 8.76. The van der Waals surface area contributed by atoms with E-state index in [0.29, 0.717) is 6.04 Å². The number of hydrogen-bond donors (Lipinski definition) is 2. The van der Waals surface area contributed by atoms with Crippen LogP contribution >= 0.6 is 0 Å². The Hall–Kier alpha value is -0.770. The summed E-state index contributed by atoms with van der Waals surface area (Å²) < 4.78 is 5.28. The van der Waals surface area contributed by atoms with E-state index in [0.717, 1.165) is 31.7 Å². The minimum absolute atomic E-state index is 0.256. The molecule has 1 saturated carbocycles. The second kappa shape index (κ2) is 7.13. The zero-order valence-electron chi connectivity index (χ0n) is 13.1. The third-order valence-corrected chi connectivity index (χ3v) is 3.31. The number of carbonyl (C=O) groups is 1. The highest BCUT2D eigenvalue weighted by Gasteiger charge is 2.27. The van der Waals surface area contributed by atoms with E-state index in [1.807, 2.05) is 20.8 Å². The van der Waals surface area contributed by atoms with Crippen LogP contribution in [0.1, 0.15) is 60.3 Å². The van der Waals surface area contributed by atoms with E-state index in [1.54, 1.807) is 0 Å². The average molecular weight is 270 g/mol. The molecule has 1 aliphatic rings. The Morgan fingerprint density at radius 3 is 2.47 bits per heavy atom. The van der Waals surface area contributed by atoms with Crippen LogP contribution in [0.3, 0.4) is 0 Å². The van der Waals surface area contributed by atoms with Crippen molar-refractivity contribution in [3.8, 4) is 0 Å². The van der Waals surface area contributed by atoms with Crippen LogP contribution in [0.5, 0.6) is 0 Å².